The summed E-state index contributed by atoms with van der Waals surface area (Å²) in [6, 6.07) is 0. The van der Waals surface area contributed by atoms with Crippen LogP contribution in [0.1, 0.15) is 162 Å². The van der Waals surface area contributed by atoms with Crippen molar-refractivity contribution >= 4 is 17.9 Å². The third kappa shape index (κ3) is 40.9. The number of unbranched alkanes of at least 4 members (excludes halogenated alkanes) is 14. The van der Waals surface area contributed by atoms with Crippen LogP contribution >= 0.6 is 0 Å². The molecule has 9 nitrogen and oxygen atoms in total. The first kappa shape index (κ1) is 54.7. The Bertz CT molecular complexity index is 1180. The second kappa shape index (κ2) is 40.5. The van der Waals surface area contributed by atoms with E-state index in [1.165, 1.54) is 70.6 Å². The molecule has 0 bridgehead atoms. The van der Waals surface area contributed by atoms with Crippen molar-refractivity contribution in [2.45, 2.75) is 174 Å². The van der Waals surface area contributed by atoms with Gasteiger partial charge in [0.25, 0.3) is 0 Å². The molecule has 0 aliphatic rings. The van der Waals surface area contributed by atoms with Gasteiger partial charge in [-0.15, -0.1) is 0 Å². The summed E-state index contributed by atoms with van der Waals surface area (Å²) in [5.74, 6) is -2.47. The summed E-state index contributed by atoms with van der Waals surface area (Å²) in [7, 11) is 5.87. The first-order valence-electron chi connectivity index (χ1n) is 22.6. The van der Waals surface area contributed by atoms with Gasteiger partial charge in [-0.05, 0) is 64.2 Å². The maximum atomic E-state index is 12.7. The number of ether oxygens (including phenoxy) is 4. The zero-order chi connectivity index (χ0) is 42.8. The first-order chi connectivity index (χ1) is 28.1. The fraction of sp³-hybridized carbons (Fsp3) is 0.694. The smallest absolute Gasteiger partial charge is 0.310 e. The van der Waals surface area contributed by atoms with Crippen molar-refractivity contribution in [1.29, 1.82) is 0 Å². The van der Waals surface area contributed by atoms with Gasteiger partial charge in [-0.3, -0.25) is 9.59 Å². The van der Waals surface area contributed by atoms with Gasteiger partial charge in [-0.1, -0.05) is 157 Å². The van der Waals surface area contributed by atoms with Crippen molar-refractivity contribution in [3.63, 3.8) is 0 Å². The number of likely N-dealkylation sites (N-methyl/N-ethyl adjacent to an activating group) is 1. The largest absolute Gasteiger partial charge is 0.545 e. The normalized spacial score (nSPS) is 13.6. The quantitative estimate of drug-likeness (QED) is 0.0198. The van der Waals surface area contributed by atoms with Crippen molar-refractivity contribution < 1.29 is 42.9 Å². The molecule has 0 aromatic carbocycles. The highest BCUT2D eigenvalue weighted by atomic mass is 16.7. The number of carboxylic acids is 1. The van der Waals surface area contributed by atoms with E-state index in [4.69, 9.17) is 18.9 Å². The van der Waals surface area contributed by atoms with E-state index in [1.807, 2.05) is 33.3 Å². The first-order valence-corrected chi connectivity index (χ1v) is 22.6. The summed E-state index contributed by atoms with van der Waals surface area (Å²) in [4.78, 5) is 36.9. The summed E-state index contributed by atoms with van der Waals surface area (Å²) < 4.78 is 22.4. The lowest BCUT2D eigenvalue weighted by atomic mass is 10.1. The van der Waals surface area contributed by atoms with Gasteiger partial charge in [0, 0.05) is 6.42 Å². The zero-order valence-electron chi connectivity index (χ0n) is 37.4. The van der Waals surface area contributed by atoms with Gasteiger partial charge >= 0.3 is 11.9 Å². The van der Waals surface area contributed by atoms with Crippen LogP contribution in [-0.4, -0.2) is 82.3 Å². The maximum Gasteiger partial charge on any atom is 0.310 e. The Balaban J connectivity index is 4.55. The Labute approximate surface area is 354 Å². The topological polar surface area (TPSA) is 111 Å². The lowest BCUT2D eigenvalue weighted by Gasteiger charge is -2.26. The number of nitrogens with zero attached hydrogens (tertiary/aromatic N) is 1. The fourth-order valence-corrected chi connectivity index (χ4v) is 5.72. The predicted molar refractivity (Wildman–Crippen MR) is 237 cm³/mol. The number of hydrogen-bond acceptors (Lipinski definition) is 8. The molecule has 0 aromatic rings. The summed E-state index contributed by atoms with van der Waals surface area (Å²) in [6.45, 7) is 4.49. The summed E-state index contributed by atoms with van der Waals surface area (Å²) in [6.07, 6.45) is 46.8. The number of rotatable bonds is 40. The fourth-order valence-electron chi connectivity index (χ4n) is 5.72. The Hall–Kier alpha value is -3.27. The van der Waals surface area contributed by atoms with Crippen molar-refractivity contribution in [1.82, 2.24) is 0 Å². The number of carbonyl (C=O) groups is 3. The molecule has 58 heavy (non-hydrogen) atoms. The van der Waals surface area contributed by atoms with Gasteiger partial charge < -0.3 is 33.3 Å². The Morgan fingerprint density at radius 2 is 1.03 bits per heavy atom. The van der Waals surface area contributed by atoms with Crippen LogP contribution in [0.2, 0.25) is 0 Å². The molecule has 0 amide bonds. The van der Waals surface area contributed by atoms with Crippen LogP contribution in [0, 0.1) is 0 Å². The van der Waals surface area contributed by atoms with E-state index in [9.17, 15) is 19.5 Å². The van der Waals surface area contributed by atoms with E-state index in [1.54, 1.807) is 6.08 Å². The molecule has 0 saturated heterocycles. The monoisotopic (exact) mass is 814 g/mol. The number of allylic oxidation sites excluding steroid dienone is 11. The zero-order valence-corrected chi connectivity index (χ0v) is 37.4. The van der Waals surface area contributed by atoms with E-state index in [0.717, 1.165) is 57.8 Å². The Morgan fingerprint density at radius 1 is 0.552 bits per heavy atom. The van der Waals surface area contributed by atoms with Crippen molar-refractivity contribution in [3.8, 4) is 0 Å². The molecule has 0 spiro atoms. The van der Waals surface area contributed by atoms with Crippen molar-refractivity contribution in [2.75, 3.05) is 47.5 Å². The van der Waals surface area contributed by atoms with Gasteiger partial charge in [0.1, 0.15) is 13.2 Å². The summed E-state index contributed by atoms with van der Waals surface area (Å²) in [5, 5.41) is 11.7. The van der Waals surface area contributed by atoms with Gasteiger partial charge in [0.15, 0.2) is 12.4 Å². The predicted octanol–water partition coefficient (Wildman–Crippen LogP) is 10.6. The van der Waals surface area contributed by atoms with Crippen LogP contribution in [0.5, 0.6) is 0 Å². The minimum absolute atomic E-state index is 0.0118. The molecule has 0 heterocycles. The van der Waals surface area contributed by atoms with E-state index in [-0.39, 0.29) is 32.7 Å². The number of aliphatic carboxylic acids is 1. The van der Waals surface area contributed by atoms with Gasteiger partial charge in [-0.25, -0.2) is 0 Å². The van der Waals surface area contributed by atoms with Crippen LogP contribution in [0.4, 0.5) is 0 Å². The molecule has 0 saturated carbocycles. The number of quaternary nitrogens is 1. The minimum atomic E-state index is -1.65. The van der Waals surface area contributed by atoms with Crippen LogP contribution in [0.3, 0.4) is 0 Å². The molecule has 0 fully saturated rings. The molecule has 9 heteroatoms. The Kier molecular flexibility index (Phi) is 38.2. The third-order valence-corrected chi connectivity index (χ3v) is 9.22. The molecule has 0 aliphatic carbocycles. The van der Waals surface area contributed by atoms with Gasteiger partial charge in [-0.2, -0.15) is 0 Å². The average molecular weight is 814 g/mol. The second-order valence-electron chi connectivity index (χ2n) is 16.0. The molecule has 2 unspecified atom stereocenters. The highest BCUT2D eigenvalue weighted by Crippen LogP contribution is 2.13. The average Bonchev–Trinajstić information content (AvgIpc) is 3.18. The van der Waals surface area contributed by atoms with E-state index in [0.29, 0.717) is 17.4 Å². The summed E-state index contributed by atoms with van der Waals surface area (Å²) in [5.41, 5.74) is 0. The molecule has 0 rings (SSSR count). The van der Waals surface area contributed by atoms with Gasteiger partial charge in [0.2, 0.25) is 0 Å². The molecule has 2 atom stereocenters. The molecule has 0 aromatic heterocycles. The molecule has 0 aliphatic heterocycles. The number of esters is 2. The second-order valence-corrected chi connectivity index (χ2v) is 16.0. The van der Waals surface area contributed by atoms with E-state index in [2.05, 4.69) is 68.5 Å². The lowest BCUT2D eigenvalue weighted by molar-refractivity contribution is -0.870. The third-order valence-electron chi connectivity index (χ3n) is 9.22. The molecular weight excluding hydrogens is 731 g/mol. The highest BCUT2D eigenvalue weighted by molar-refractivity contribution is 5.71. The van der Waals surface area contributed by atoms with Gasteiger partial charge in [0.05, 0.1) is 46.7 Å². The van der Waals surface area contributed by atoms with Crippen molar-refractivity contribution in [2.24, 2.45) is 0 Å². The van der Waals surface area contributed by atoms with E-state index >= 15 is 0 Å². The van der Waals surface area contributed by atoms with Crippen LogP contribution in [0.25, 0.3) is 0 Å². The highest BCUT2D eigenvalue weighted by Gasteiger charge is 2.21. The molecule has 0 N–H and O–H groups in total. The maximum absolute atomic E-state index is 12.7. The lowest BCUT2D eigenvalue weighted by Crippen LogP contribution is -2.44. The minimum Gasteiger partial charge on any atom is -0.545 e. The molecule has 0 radical (unpaired) electrons. The number of hydrogen-bond donors (Lipinski definition) is 0. The number of carboxylic acid groups (broad SMARTS) is 1. The standard InChI is InChI=1S/C49H83NO8/c1-6-8-10-12-14-16-18-20-22-23-24-26-27-29-31-33-35-37-39-46(51)56-43-45(44-57-49(48(53)54)55-42-41-50(3,4)5)58-47(52)40-38-36-34-32-30-28-25-21-19-17-15-13-11-9-7-2/h9,11,15,17,21-23,25,30,32,36,38,45,49H,6-8,10,12-14,16,18-20,24,26-29,31,33-35,37,39-44H2,1-5H3/b11-9-,17-15-,23-22-,25-21-,32-30-,38-36-. The van der Waals surface area contributed by atoms with Crippen LogP contribution in [-0.2, 0) is 33.3 Å². The Morgan fingerprint density at radius 3 is 1.53 bits per heavy atom. The number of carbonyl (C=O) groups excluding carboxylic acids is 3. The molecular formula is C49H83NO8. The summed E-state index contributed by atoms with van der Waals surface area (Å²) >= 11 is 0. The molecule has 332 valence electrons. The van der Waals surface area contributed by atoms with Crippen LogP contribution < -0.4 is 5.11 Å². The SMILES string of the molecule is CC/C=C\C/C=C\C/C=C\C/C=C\C/C=C\CC(=O)OC(COC(=O)CCCCCCCCC/C=C\CCCCCCCCC)COC(OCC[N+](C)(C)C)C(=O)[O-]. The van der Waals surface area contributed by atoms with E-state index < -0.39 is 30.3 Å². The van der Waals surface area contributed by atoms with Crippen LogP contribution in [0.15, 0.2) is 72.9 Å². The van der Waals surface area contributed by atoms with Crippen molar-refractivity contribution in [3.05, 3.63) is 72.9 Å².